The van der Waals surface area contributed by atoms with E-state index in [1.165, 1.54) is 33.6 Å². The van der Waals surface area contributed by atoms with Gasteiger partial charge in [0.05, 0.1) is 44.8 Å². The number of nitrogens with zero attached hydrogens (tertiary/aromatic N) is 3. The molecule has 468 valence electrons. The molecule has 0 aliphatic carbocycles. The van der Waals surface area contributed by atoms with Crippen molar-refractivity contribution in [3.63, 3.8) is 0 Å². The SMILES string of the molecule is CC(C)OC(=O)Nc1ccc(-c2ncc(-c3ccc(Br)cc3S(=O)(=O)NC(C)(C)C)s2)cc1.CC(C)OC(=O)Nc1ccc(-c2ncc(-c3ccc(N4CC(c5ccccc5)OC4=O)cc3S(=O)(=O)NC(C)(C)C)s2)cc1.O=C1NCC(c2ccccc2)O1. The number of hydrogen-bond donors (Lipinski definition) is 5. The fourth-order valence-corrected chi connectivity index (χ4v) is 14.8. The van der Waals surface area contributed by atoms with Crippen LogP contribution in [-0.4, -0.2) is 87.6 Å². The molecule has 4 heterocycles. The lowest BCUT2D eigenvalue weighted by Crippen LogP contribution is -2.40. The maximum atomic E-state index is 13.7. The molecule has 2 aliphatic rings. The third-order valence-corrected chi connectivity index (χ3v) is 18.7. The minimum atomic E-state index is -4.02. The molecule has 0 radical (unpaired) electrons. The molecule has 8 aromatic rings. The Morgan fingerprint density at radius 1 is 0.607 bits per heavy atom. The number of benzene rings is 6. The summed E-state index contributed by atoms with van der Waals surface area (Å²) in [6.45, 7) is 18.6. The molecule has 2 unspecified atom stereocenters. The van der Waals surface area contributed by atoms with Crippen LogP contribution in [0.3, 0.4) is 0 Å². The topological polar surface area (TPSA) is 263 Å². The standard InChI is InChI=1S/C32H34N4O6S2.C23H26BrN3O4S2.C9H9NO2/c1-20(2)41-30(37)34-23-13-11-22(12-14-23)29-33-18-27(43-29)25-16-15-24(17-28(25)44(39,40)35-32(3,4)5)36-19-26(42-31(36)38)21-9-7-6-8-10-21;1-14(2)31-22(28)26-17-9-6-15(7-10-17)21-25-13-19(32-21)18-11-8-16(24)12-20(18)33(29,30)27-23(3,4)5;11-9-10-6-8(12-9)7-4-2-1-3-5-7/h6-18,20,26,35H,19H2,1-5H3,(H,34,37);6-14,27H,1-5H3,(H,26,28);1-5,8H,6H2,(H,10,11). The number of hydrogen-bond acceptors (Lipinski definition) is 16. The molecular formula is C64H69BrN8O12S4. The van der Waals surface area contributed by atoms with Crippen LogP contribution >= 0.6 is 38.6 Å². The number of anilines is 3. The number of nitrogens with one attached hydrogen (secondary N) is 5. The van der Waals surface area contributed by atoms with Gasteiger partial charge in [-0.15, -0.1) is 22.7 Å². The Balaban J connectivity index is 0.000000198. The van der Waals surface area contributed by atoms with Gasteiger partial charge in [-0.2, -0.15) is 0 Å². The molecule has 2 fully saturated rings. The van der Waals surface area contributed by atoms with Crippen molar-refractivity contribution in [1.29, 1.82) is 0 Å². The summed E-state index contributed by atoms with van der Waals surface area (Å²) >= 11 is 6.10. The Labute approximate surface area is 535 Å². The lowest BCUT2D eigenvalue weighted by Gasteiger charge is -2.22. The minimum Gasteiger partial charge on any atom is -0.447 e. The summed E-state index contributed by atoms with van der Waals surface area (Å²) in [7, 11) is -7.77. The summed E-state index contributed by atoms with van der Waals surface area (Å²) in [6, 6.07) is 43.5. The zero-order valence-electron chi connectivity index (χ0n) is 50.5. The van der Waals surface area contributed by atoms with E-state index < -0.39 is 55.5 Å². The average Bonchev–Trinajstić information content (AvgIpc) is 1.94. The normalized spacial score (nSPS) is 15.0. The molecule has 20 nitrogen and oxygen atoms in total. The van der Waals surface area contributed by atoms with E-state index in [9.17, 15) is 36.0 Å². The van der Waals surface area contributed by atoms with Gasteiger partial charge in [0.2, 0.25) is 20.0 Å². The number of ether oxygens (including phenoxy) is 4. The Kier molecular flexibility index (Phi) is 21.5. The second-order valence-electron chi connectivity index (χ2n) is 23.0. The molecular weight excluding hydrogens is 1280 g/mol. The minimum absolute atomic E-state index is 0.0271. The monoisotopic (exact) mass is 1350 g/mol. The first kappa shape index (κ1) is 66.9. The highest BCUT2D eigenvalue weighted by atomic mass is 79.9. The number of sulfonamides is 2. The van der Waals surface area contributed by atoms with Crippen LogP contribution in [0.4, 0.5) is 36.2 Å². The number of alkyl carbamates (subject to hydrolysis) is 1. The van der Waals surface area contributed by atoms with Crippen molar-refractivity contribution in [3.8, 4) is 42.0 Å². The number of cyclic esters (lactones) is 2. The van der Waals surface area contributed by atoms with Gasteiger partial charge in [0.15, 0.2) is 0 Å². The fourth-order valence-electron chi connectivity index (χ4n) is 8.88. The van der Waals surface area contributed by atoms with E-state index in [2.05, 4.69) is 51.3 Å². The van der Waals surface area contributed by atoms with Crippen LogP contribution in [-0.2, 0) is 39.0 Å². The Morgan fingerprint density at radius 3 is 1.47 bits per heavy atom. The van der Waals surface area contributed by atoms with Gasteiger partial charge in [0.25, 0.3) is 0 Å². The highest BCUT2D eigenvalue weighted by Crippen LogP contribution is 2.41. The van der Waals surface area contributed by atoms with Crippen molar-refractivity contribution in [2.24, 2.45) is 0 Å². The number of aromatic nitrogens is 2. The molecule has 5 N–H and O–H groups in total. The fraction of sp³-hybridized carbons (Fsp3) is 0.281. The third-order valence-electron chi connectivity index (χ3n) is 12.5. The molecule has 2 atom stereocenters. The largest absolute Gasteiger partial charge is 0.447 e. The maximum absolute atomic E-state index is 13.7. The second kappa shape index (κ2) is 28.6. The van der Waals surface area contributed by atoms with E-state index in [-0.39, 0.29) is 40.7 Å². The first-order valence-corrected chi connectivity index (χ1v) is 33.5. The number of thiazole rings is 2. The number of rotatable bonds is 15. The van der Waals surface area contributed by atoms with Crippen molar-refractivity contribution < 1.29 is 55.0 Å². The van der Waals surface area contributed by atoms with Crippen molar-refractivity contribution in [2.45, 2.75) is 115 Å². The lowest BCUT2D eigenvalue weighted by molar-refractivity contribution is 0.129. The van der Waals surface area contributed by atoms with E-state index in [4.69, 9.17) is 18.9 Å². The molecule has 0 saturated carbocycles. The first-order chi connectivity index (χ1) is 42.0. The second-order valence-corrected chi connectivity index (χ2v) is 29.3. The Hall–Kier alpha value is -8.04. The summed E-state index contributed by atoms with van der Waals surface area (Å²) < 4.78 is 80.6. The highest BCUT2D eigenvalue weighted by Gasteiger charge is 2.36. The summed E-state index contributed by atoms with van der Waals surface area (Å²) in [4.78, 5) is 59.3. The van der Waals surface area contributed by atoms with Gasteiger partial charge in [-0.25, -0.2) is 55.4 Å². The molecule has 2 aromatic heterocycles. The van der Waals surface area contributed by atoms with Gasteiger partial charge >= 0.3 is 24.4 Å². The third kappa shape index (κ3) is 18.8. The summed E-state index contributed by atoms with van der Waals surface area (Å²) in [5.41, 5.74) is 4.81. The van der Waals surface area contributed by atoms with Gasteiger partial charge in [-0.05, 0) is 153 Å². The number of carbonyl (C=O) groups excluding carboxylic acids is 4. The summed E-state index contributed by atoms with van der Waals surface area (Å²) in [5, 5.41) is 9.36. The van der Waals surface area contributed by atoms with E-state index >= 15 is 0 Å². The van der Waals surface area contributed by atoms with Crippen LogP contribution in [0, 0.1) is 0 Å². The van der Waals surface area contributed by atoms with Crippen LogP contribution in [0.25, 0.3) is 42.0 Å². The molecule has 2 saturated heterocycles. The van der Waals surface area contributed by atoms with Crippen LogP contribution in [0.5, 0.6) is 0 Å². The van der Waals surface area contributed by atoms with Gasteiger partial charge in [0, 0.05) is 67.3 Å². The van der Waals surface area contributed by atoms with Crippen molar-refractivity contribution in [2.75, 3.05) is 28.6 Å². The predicted octanol–water partition coefficient (Wildman–Crippen LogP) is 14.9. The maximum Gasteiger partial charge on any atom is 0.415 e. The number of carbonyl (C=O) groups is 4. The quantitative estimate of drug-likeness (QED) is 0.0598. The van der Waals surface area contributed by atoms with Gasteiger partial charge in [-0.1, -0.05) is 88.7 Å². The van der Waals surface area contributed by atoms with E-state index in [1.807, 2.05) is 91.0 Å². The molecule has 2 aliphatic heterocycles. The number of amides is 4. The van der Waals surface area contributed by atoms with E-state index in [0.717, 1.165) is 32.1 Å². The summed E-state index contributed by atoms with van der Waals surface area (Å²) in [5.74, 6) is 0. The molecule has 89 heavy (non-hydrogen) atoms. The molecule has 4 amide bonds. The van der Waals surface area contributed by atoms with Crippen molar-refractivity contribution in [1.82, 2.24) is 24.7 Å². The Bertz CT molecular complexity index is 4020. The van der Waals surface area contributed by atoms with Crippen LogP contribution in [0.15, 0.2) is 172 Å². The molecule has 25 heteroatoms. The van der Waals surface area contributed by atoms with Crippen LogP contribution in [0.1, 0.15) is 92.6 Å². The van der Waals surface area contributed by atoms with Crippen molar-refractivity contribution >= 4 is 100 Å². The van der Waals surface area contributed by atoms with Gasteiger partial charge < -0.3 is 24.3 Å². The zero-order valence-corrected chi connectivity index (χ0v) is 55.3. The average molecular weight is 1350 g/mol. The van der Waals surface area contributed by atoms with Gasteiger partial charge in [-0.3, -0.25) is 15.5 Å². The molecule has 0 spiro atoms. The molecule has 0 bridgehead atoms. The highest BCUT2D eigenvalue weighted by molar-refractivity contribution is 9.10. The van der Waals surface area contributed by atoms with Gasteiger partial charge in [0.1, 0.15) is 22.2 Å². The first-order valence-electron chi connectivity index (χ1n) is 28.1. The van der Waals surface area contributed by atoms with Crippen LogP contribution < -0.4 is 30.3 Å². The smallest absolute Gasteiger partial charge is 0.415 e. The van der Waals surface area contributed by atoms with E-state index in [1.54, 1.807) is 130 Å². The predicted molar refractivity (Wildman–Crippen MR) is 351 cm³/mol. The molecule has 10 rings (SSSR count). The Morgan fingerprint density at radius 2 is 1.04 bits per heavy atom. The van der Waals surface area contributed by atoms with E-state index in [0.29, 0.717) is 49.1 Å². The zero-order chi connectivity index (χ0) is 64.4. The van der Waals surface area contributed by atoms with Crippen molar-refractivity contribution in [3.05, 3.63) is 174 Å². The molecule has 6 aromatic carbocycles. The lowest BCUT2D eigenvalue weighted by atomic mass is 10.1. The van der Waals surface area contributed by atoms with Crippen LogP contribution in [0.2, 0.25) is 0 Å². The summed E-state index contributed by atoms with van der Waals surface area (Å²) in [6.07, 6.45) is 0.353. The number of halogens is 1.